The fourth-order valence-corrected chi connectivity index (χ4v) is 3.96. The van der Waals surface area contributed by atoms with Gasteiger partial charge in [-0.15, -0.1) is 0 Å². The maximum Gasteiger partial charge on any atom is 0.366 e. The third-order valence-corrected chi connectivity index (χ3v) is 5.60. The molecule has 1 unspecified atom stereocenters. The van der Waals surface area contributed by atoms with Gasteiger partial charge in [0.15, 0.2) is 4.77 Å². The Labute approximate surface area is 196 Å². The van der Waals surface area contributed by atoms with E-state index in [1.165, 1.54) is 16.6 Å². The fraction of sp³-hybridized carbons (Fsp3) is 0.217. The standard InChI is InChI=1S/C12H15N3S.C11H8N2O2S/c1-14(2)9-6-8-4-3-5-10-11(8)15(7-9)12(16)13-10;16-11(14-9-5-1-3-7-12-9)15-10-6-2-4-8-13-10/h3-5,9H,6-7H2,1-2H3,(H,13,16);1-8H. The molecule has 3 aromatic heterocycles. The molecule has 4 heterocycles. The zero-order valence-electron chi connectivity index (χ0n) is 17.8. The summed E-state index contributed by atoms with van der Waals surface area (Å²) in [7, 11) is 4.26. The van der Waals surface area contributed by atoms with E-state index in [1.54, 1.807) is 48.8 Å². The lowest BCUT2D eigenvalue weighted by atomic mass is 10.00. The Bertz CT molecular complexity index is 1210. The second-order valence-electron chi connectivity index (χ2n) is 7.47. The Morgan fingerprint density at radius 3 is 2.22 bits per heavy atom. The van der Waals surface area contributed by atoms with Crippen LogP contribution in [-0.4, -0.2) is 49.8 Å². The summed E-state index contributed by atoms with van der Waals surface area (Å²) in [5.74, 6) is 0.784. The molecule has 0 aliphatic carbocycles. The van der Waals surface area contributed by atoms with Gasteiger partial charge < -0.3 is 23.9 Å². The lowest BCUT2D eigenvalue weighted by Crippen LogP contribution is -2.36. The van der Waals surface area contributed by atoms with Crippen LogP contribution in [0, 0.1) is 4.77 Å². The smallest absolute Gasteiger partial charge is 0.366 e. The molecule has 0 spiro atoms. The van der Waals surface area contributed by atoms with Gasteiger partial charge in [-0.3, -0.25) is 0 Å². The maximum absolute atomic E-state index is 5.37. The SMILES string of the molecule is CN(C)C1Cc2cccc3[nH]c(=S)n(c23)C1.S=C(Oc1ccccn1)Oc1ccccn1. The van der Waals surface area contributed by atoms with Gasteiger partial charge in [0.1, 0.15) is 0 Å². The van der Waals surface area contributed by atoms with Crippen LogP contribution in [0.4, 0.5) is 0 Å². The lowest BCUT2D eigenvalue weighted by Gasteiger charge is -2.29. The average molecular weight is 466 g/mol. The molecule has 0 amide bonds. The molecule has 1 aromatic carbocycles. The number of rotatable bonds is 3. The number of thiocarbonyl (C=S) groups is 1. The Balaban J connectivity index is 0.000000153. The monoisotopic (exact) mass is 465 g/mol. The van der Waals surface area contributed by atoms with E-state index in [0.717, 1.165) is 17.7 Å². The third kappa shape index (κ3) is 5.18. The number of benzene rings is 1. The predicted molar refractivity (Wildman–Crippen MR) is 131 cm³/mol. The van der Waals surface area contributed by atoms with Crippen LogP contribution in [0.15, 0.2) is 67.0 Å². The van der Waals surface area contributed by atoms with Gasteiger partial charge in [0.05, 0.1) is 11.0 Å². The highest BCUT2D eigenvalue weighted by atomic mass is 32.1. The van der Waals surface area contributed by atoms with Crippen LogP contribution in [0.25, 0.3) is 11.0 Å². The molecule has 0 radical (unpaired) electrons. The van der Waals surface area contributed by atoms with Crippen molar-refractivity contribution >= 4 is 40.7 Å². The molecule has 0 bridgehead atoms. The van der Waals surface area contributed by atoms with Gasteiger partial charge in [0.25, 0.3) is 0 Å². The minimum atomic E-state index is -0.0302. The van der Waals surface area contributed by atoms with Crippen LogP contribution in [0.3, 0.4) is 0 Å². The Morgan fingerprint density at radius 1 is 1.00 bits per heavy atom. The van der Waals surface area contributed by atoms with E-state index in [9.17, 15) is 0 Å². The van der Waals surface area contributed by atoms with E-state index in [4.69, 9.17) is 33.9 Å². The number of hydrogen-bond acceptors (Lipinski definition) is 7. The molecular formula is C23H23N5O2S2. The number of imidazole rings is 1. The number of H-pyrrole nitrogens is 1. The molecule has 1 N–H and O–H groups in total. The van der Waals surface area contributed by atoms with Gasteiger partial charge in [-0.05, 0) is 56.5 Å². The van der Waals surface area contributed by atoms with Gasteiger partial charge in [0.2, 0.25) is 11.8 Å². The van der Waals surface area contributed by atoms with Crippen molar-refractivity contribution in [3.63, 3.8) is 0 Å². The number of pyridine rings is 2. The summed E-state index contributed by atoms with van der Waals surface area (Å²) in [5, 5.41) is -0.0302. The predicted octanol–water partition coefficient (Wildman–Crippen LogP) is 4.40. The second-order valence-corrected chi connectivity index (χ2v) is 8.19. The number of hydrogen-bond donors (Lipinski definition) is 1. The van der Waals surface area contributed by atoms with Gasteiger partial charge in [-0.2, -0.15) is 0 Å². The van der Waals surface area contributed by atoms with Crippen LogP contribution in [0.1, 0.15) is 5.56 Å². The minimum absolute atomic E-state index is 0.0302. The van der Waals surface area contributed by atoms with Crippen molar-refractivity contribution in [3.8, 4) is 11.8 Å². The Hall–Kier alpha value is -3.14. The summed E-state index contributed by atoms with van der Waals surface area (Å²) < 4.78 is 13.4. The first-order chi connectivity index (χ1) is 15.5. The number of nitrogens with zero attached hydrogens (tertiary/aromatic N) is 4. The molecule has 5 rings (SSSR count). The average Bonchev–Trinajstić information content (AvgIpc) is 3.12. The highest BCUT2D eigenvalue weighted by Crippen LogP contribution is 2.26. The normalized spacial score (nSPS) is 14.5. The number of ether oxygens (including phenoxy) is 2. The minimum Gasteiger partial charge on any atom is -0.398 e. The van der Waals surface area contributed by atoms with Crippen molar-refractivity contribution in [1.82, 2.24) is 24.4 Å². The van der Waals surface area contributed by atoms with E-state index < -0.39 is 0 Å². The first kappa shape index (κ1) is 22.1. The number of para-hydroxylation sites is 1. The maximum atomic E-state index is 5.37. The van der Waals surface area contributed by atoms with Crippen LogP contribution in [0.5, 0.6) is 11.8 Å². The molecule has 0 saturated carbocycles. The quantitative estimate of drug-likeness (QED) is 0.450. The van der Waals surface area contributed by atoms with Gasteiger partial charge in [-0.1, -0.05) is 24.3 Å². The zero-order chi connectivity index (χ0) is 22.5. The highest BCUT2D eigenvalue weighted by molar-refractivity contribution is 7.79. The van der Waals surface area contributed by atoms with Crippen molar-refractivity contribution in [2.75, 3.05) is 14.1 Å². The summed E-state index contributed by atoms with van der Waals surface area (Å²) in [4.78, 5) is 13.5. The molecule has 9 heteroatoms. The zero-order valence-corrected chi connectivity index (χ0v) is 19.4. The van der Waals surface area contributed by atoms with E-state index >= 15 is 0 Å². The number of likely N-dealkylation sites (N-methyl/N-ethyl adjacent to an activating group) is 1. The molecule has 1 aliphatic heterocycles. The van der Waals surface area contributed by atoms with Crippen molar-refractivity contribution in [3.05, 3.63) is 77.3 Å². The number of nitrogens with one attached hydrogen (secondary N) is 1. The molecule has 0 saturated heterocycles. The largest absolute Gasteiger partial charge is 0.398 e. The third-order valence-electron chi connectivity index (χ3n) is 5.11. The van der Waals surface area contributed by atoms with E-state index in [2.05, 4.69) is 56.7 Å². The van der Waals surface area contributed by atoms with Crippen molar-refractivity contribution in [1.29, 1.82) is 0 Å². The van der Waals surface area contributed by atoms with Crippen LogP contribution >= 0.6 is 24.4 Å². The topological polar surface area (TPSA) is 68.2 Å². The van der Waals surface area contributed by atoms with Crippen molar-refractivity contribution < 1.29 is 9.47 Å². The molecule has 32 heavy (non-hydrogen) atoms. The Kier molecular flexibility index (Phi) is 6.89. The first-order valence-corrected chi connectivity index (χ1v) is 10.9. The molecule has 0 fully saturated rings. The van der Waals surface area contributed by atoms with Crippen molar-refractivity contribution in [2.24, 2.45) is 0 Å². The van der Waals surface area contributed by atoms with Gasteiger partial charge in [0, 0.05) is 49.3 Å². The summed E-state index contributed by atoms with van der Waals surface area (Å²) >= 11 is 10.3. The summed E-state index contributed by atoms with van der Waals surface area (Å²) in [6.45, 7) is 0.989. The van der Waals surface area contributed by atoms with Gasteiger partial charge >= 0.3 is 5.24 Å². The van der Waals surface area contributed by atoms with Crippen LogP contribution < -0.4 is 9.47 Å². The lowest BCUT2D eigenvalue weighted by molar-refractivity contribution is 0.257. The second kappa shape index (κ2) is 9.99. The molecule has 1 atom stereocenters. The molecule has 1 aliphatic rings. The summed E-state index contributed by atoms with van der Waals surface area (Å²) in [6.07, 6.45) is 4.33. The summed E-state index contributed by atoms with van der Waals surface area (Å²) in [5.41, 5.74) is 3.86. The molecule has 164 valence electrons. The fourth-order valence-electron chi connectivity index (χ4n) is 3.52. The first-order valence-electron chi connectivity index (χ1n) is 10.1. The van der Waals surface area contributed by atoms with E-state index in [1.807, 2.05) is 0 Å². The van der Waals surface area contributed by atoms with Crippen LogP contribution in [0.2, 0.25) is 0 Å². The van der Waals surface area contributed by atoms with E-state index in [-0.39, 0.29) is 5.24 Å². The highest BCUT2D eigenvalue weighted by Gasteiger charge is 2.22. The molecule has 4 aromatic rings. The molecular weight excluding hydrogens is 442 g/mol. The Morgan fingerprint density at radius 2 is 1.66 bits per heavy atom. The summed E-state index contributed by atoms with van der Waals surface area (Å²) in [6, 6.07) is 17.5. The number of aromatic amines is 1. The molecule has 7 nitrogen and oxygen atoms in total. The van der Waals surface area contributed by atoms with Crippen LogP contribution in [-0.2, 0) is 13.0 Å². The van der Waals surface area contributed by atoms with Gasteiger partial charge in [-0.25, -0.2) is 9.97 Å². The van der Waals surface area contributed by atoms with E-state index in [0.29, 0.717) is 17.8 Å². The van der Waals surface area contributed by atoms with Crippen molar-refractivity contribution in [2.45, 2.75) is 19.0 Å². The number of aromatic nitrogens is 4.